The van der Waals surface area contributed by atoms with Gasteiger partial charge in [-0.25, -0.2) is 0 Å². The normalized spacial score (nSPS) is 11.0. The van der Waals surface area contributed by atoms with Crippen molar-refractivity contribution in [2.24, 2.45) is 12.8 Å². The van der Waals surface area contributed by atoms with E-state index in [0.717, 1.165) is 16.8 Å². The van der Waals surface area contributed by atoms with Crippen molar-refractivity contribution < 1.29 is 0 Å². The molecule has 0 unspecified atom stereocenters. The average Bonchev–Trinajstić information content (AvgIpc) is 2.79. The second-order valence-corrected chi connectivity index (χ2v) is 4.44. The van der Waals surface area contributed by atoms with Crippen LogP contribution in [0, 0.1) is 0 Å². The SMILES string of the molecule is Cn1cc(CN)c(-c2ccc3ccccc3c2)n1. The molecule has 1 aromatic heterocycles. The molecule has 0 fully saturated rings. The average molecular weight is 237 g/mol. The van der Waals surface area contributed by atoms with Crippen molar-refractivity contribution in [2.45, 2.75) is 6.54 Å². The largest absolute Gasteiger partial charge is 0.326 e. The van der Waals surface area contributed by atoms with Crippen molar-refractivity contribution in [1.82, 2.24) is 9.78 Å². The molecule has 3 aromatic rings. The molecular weight excluding hydrogens is 222 g/mol. The zero-order valence-electron chi connectivity index (χ0n) is 10.3. The highest BCUT2D eigenvalue weighted by Crippen LogP contribution is 2.25. The van der Waals surface area contributed by atoms with Gasteiger partial charge < -0.3 is 5.73 Å². The second-order valence-electron chi connectivity index (χ2n) is 4.44. The molecule has 0 saturated carbocycles. The minimum absolute atomic E-state index is 0.510. The third-order valence-corrected chi connectivity index (χ3v) is 3.15. The van der Waals surface area contributed by atoms with Crippen LogP contribution in [0.2, 0.25) is 0 Å². The Bertz CT molecular complexity index is 698. The fourth-order valence-electron chi connectivity index (χ4n) is 2.27. The maximum atomic E-state index is 5.76. The van der Waals surface area contributed by atoms with Crippen LogP contribution in [0.15, 0.2) is 48.7 Å². The van der Waals surface area contributed by atoms with Crippen LogP contribution >= 0.6 is 0 Å². The molecule has 90 valence electrons. The Morgan fingerprint density at radius 2 is 1.89 bits per heavy atom. The molecule has 3 heteroatoms. The molecule has 0 radical (unpaired) electrons. The van der Waals surface area contributed by atoms with Gasteiger partial charge in [0, 0.05) is 30.9 Å². The van der Waals surface area contributed by atoms with Gasteiger partial charge in [0.1, 0.15) is 0 Å². The van der Waals surface area contributed by atoms with Crippen molar-refractivity contribution in [1.29, 1.82) is 0 Å². The summed E-state index contributed by atoms with van der Waals surface area (Å²) in [5.41, 5.74) is 8.93. The lowest BCUT2D eigenvalue weighted by Gasteiger charge is -2.03. The van der Waals surface area contributed by atoms with Crippen LogP contribution in [-0.4, -0.2) is 9.78 Å². The van der Waals surface area contributed by atoms with Gasteiger partial charge in [0.25, 0.3) is 0 Å². The molecule has 2 aromatic carbocycles. The molecular formula is C15H15N3. The first-order valence-corrected chi connectivity index (χ1v) is 5.99. The van der Waals surface area contributed by atoms with E-state index in [2.05, 4.69) is 35.4 Å². The zero-order valence-corrected chi connectivity index (χ0v) is 10.3. The van der Waals surface area contributed by atoms with Gasteiger partial charge in [0.15, 0.2) is 0 Å². The van der Waals surface area contributed by atoms with Gasteiger partial charge >= 0.3 is 0 Å². The van der Waals surface area contributed by atoms with Crippen molar-refractivity contribution in [3.8, 4) is 11.3 Å². The summed E-state index contributed by atoms with van der Waals surface area (Å²) in [6.45, 7) is 0.510. The number of rotatable bonds is 2. The van der Waals surface area contributed by atoms with E-state index < -0.39 is 0 Å². The Hall–Kier alpha value is -2.13. The fourth-order valence-corrected chi connectivity index (χ4v) is 2.27. The van der Waals surface area contributed by atoms with Gasteiger partial charge in [-0.05, 0) is 16.8 Å². The highest BCUT2D eigenvalue weighted by molar-refractivity contribution is 5.87. The van der Waals surface area contributed by atoms with E-state index in [1.807, 2.05) is 30.1 Å². The monoisotopic (exact) mass is 237 g/mol. The molecule has 2 N–H and O–H groups in total. The number of hydrogen-bond donors (Lipinski definition) is 1. The number of aryl methyl sites for hydroxylation is 1. The van der Waals surface area contributed by atoms with Gasteiger partial charge in [-0.2, -0.15) is 5.10 Å². The maximum Gasteiger partial charge on any atom is 0.0968 e. The van der Waals surface area contributed by atoms with E-state index in [4.69, 9.17) is 5.73 Å². The van der Waals surface area contributed by atoms with E-state index in [0.29, 0.717) is 6.54 Å². The standard InChI is InChI=1S/C15H15N3/c1-18-10-14(9-16)15(17-18)13-7-6-11-4-2-3-5-12(11)8-13/h2-8,10H,9,16H2,1H3. The molecule has 0 saturated heterocycles. The van der Waals surface area contributed by atoms with Gasteiger partial charge in [-0.3, -0.25) is 4.68 Å². The molecule has 0 bridgehead atoms. The summed E-state index contributed by atoms with van der Waals surface area (Å²) >= 11 is 0. The van der Waals surface area contributed by atoms with E-state index in [1.165, 1.54) is 10.8 Å². The van der Waals surface area contributed by atoms with Gasteiger partial charge in [-0.1, -0.05) is 36.4 Å². The third-order valence-electron chi connectivity index (χ3n) is 3.15. The summed E-state index contributed by atoms with van der Waals surface area (Å²) < 4.78 is 1.81. The first kappa shape index (κ1) is 11.0. The third kappa shape index (κ3) is 1.79. The predicted octanol–water partition coefficient (Wildman–Crippen LogP) is 2.70. The summed E-state index contributed by atoms with van der Waals surface area (Å²) in [7, 11) is 1.92. The van der Waals surface area contributed by atoms with Crippen LogP contribution in [-0.2, 0) is 13.6 Å². The van der Waals surface area contributed by atoms with Crippen molar-refractivity contribution >= 4 is 10.8 Å². The van der Waals surface area contributed by atoms with Crippen LogP contribution in [0.5, 0.6) is 0 Å². The molecule has 0 aliphatic carbocycles. The fraction of sp³-hybridized carbons (Fsp3) is 0.133. The van der Waals surface area contributed by atoms with Gasteiger partial charge in [-0.15, -0.1) is 0 Å². The Morgan fingerprint density at radius 3 is 2.67 bits per heavy atom. The lowest BCUT2D eigenvalue weighted by molar-refractivity contribution is 0.769. The van der Waals surface area contributed by atoms with E-state index in [-0.39, 0.29) is 0 Å². The number of fused-ring (bicyclic) bond motifs is 1. The molecule has 0 spiro atoms. The van der Waals surface area contributed by atoms with E-state index >= 15 is 0 Å². The molecule has 0 aliphatic rings. The second kappa shape index (κ2) is 4.27. The Morgan fingerprint density at radius 1 is 1.11 bits per heavy atom. The smallest absolute Gasteiger partial charge is 0.0968 e. The molecule has 0 amide bonds. The molecule has 3 rings (SSSR count). The summed E-state index contributed by atoms with van der Waals surface area (Å²) in [5.74, 6) is 0. The molecule has 18 heavy (non-hydrogen) atoms. The minimum Gasteiger partial charge on any atom is -0.326 e. The number of aromatic nitrogens is 2. The number of nitrogens with zero attached hydrogens (tertiary/aromatic N) is 2. The number of hydrogen-bond acceptors (Lipinski definition) is 2. The van der Waals surface area contributed by atoms with Gasteiger partial charge in [0.05, 0.1) is 5.69 Å². The van der Waals surface area contributed by atoms with Crippen LogP contribution in [0.1, 0.15) is 5.56 Å². The number of benzene rings is 2. The van der Waals surface area contributed by atoms with E-state index in [9.17, 15) is 0 Å². The predicted molar refractivity (Wildman–Crippen MR) is 74.0 cm³/mol. The first-order valence-electron chi connectivity index (χ1n) is 5.99. The van der Waals surface area contributed by atoms with Crippen LogP contribution in [0.3, 0.4) is 0 Å². The van der Waals surface area contributed by atoms with Crippen molar-refractivity contribution in [3.05, 3.63) is 54.2 Å². The quantitative estimate of drug-likeness (QED) is 0.744. The van der Waals surface area contributed by atoms with Crippen LogP contribution in [0.25, 0.3) is 22.0 Å². The van der Waals surface area contributed by atoms with Gasteiger partial charge in [0.2, 0.25) is 0 Å². The Balaban J connectivity index is 2.18. The van der Waals surface area contributed by atoms with E-state index in [1.54, 1.807) is 0 Å². The highest BCUT2D eigenvalue weighted by Gasteiger charge is 2.09. The summed E-state index contributed by atoms with van der Waals surface area (Å²) in [6, 6.07) is 14.7. The minimum atomic E-state index is 0.510. The lowest BCUT2D eigenvalue weighted by Crippen LogP contribution is -1.96. The molecule has 1 heterocycles. The molecule has 3 nitrogen and oxygen atoms in total. The van der Waals surface area contributed by atoms with Crippen LogP contribution in [0.4, 0.5) is 0 Å². The molecule has 0 aliphatic heterocycles. The van der Waals surface area contributed by atoms with Crippen LogP contribution < -0.4 is 5.73 Å². The Kier molecular flexibility index (Phi) is 2.61. The maximum absolute atomic E-state index is 5.76. The lowest BCUT2D eigenvalue weighted by atomic mass is 10.0. The summed E-state index contributed by atoms with van der Waals surface area (Å²) in [4.78, 5) is 0. The molecule has 0 atom stereocenters. The summed E-state index contributed by atoms with van der Waals surface area (Å²) in [6.07, 6.45) is 1.98. The Labute approximate surface area is 106 Å². The topological polar surface area (TPSA) is 43.8 Å². The summed E-state index contributed by atoms with van der Waals surface area (Å²) in [5, 5.41) is 6.96. The highest BCUT2D eigenvalue weighted by atomic mass is 15.3. The van der Waals surface area contributed by atoms with Crippen molar-refractivity contribution in [3.63, 3.8) is 0 Å². The zero-order chi connectivity index (χ0) is 12.5. The first-order chi connectivity index (χ1) is 8.78. The number of nitrogens with two attached hydrogens (primary N) is 1. The van der Waals surface area contributed by atoms with Crippen molar-refractivity contribution in [2.75, 3.05) is 0 Å².